The van der Waals surface area contributed by atoms with Crippen LogP contribution >= 0.6 is 11.6 Å². The number of hydrogen-bond donors (Lipinski definition) is 1. The molecule has 0 spiro atoms. The Morgan fingerprint density at radius 1 is 1.20 bits per heavy atom. The van der Waals surface area contributed by atoms with Gasteiger partial charge in [0.15, 0.2) is 11.5 Å². The van der Waals surface area contributed by atoms with Gasteiger partial charge >= 0.3 is 0 Å². The second kappa shape index (κ2) is 9.85. The summed E-state index contributed by atoms with van der Waals surface area (Å²) in [5.74, 6) is 0.888. The highest BCUT2D eigenvalue weighted by Gasteiger charge is 2.34. The summed E-state index contributed by atoms with van der Waals surface area (Å²) in [4.78, 5) is 26.9. The number of amides is 2. The lowest BCUT2D eigenvalue weighted by atomic mass is 10.1. The second-order valence-electron chi connectivity index (χ2n) is 7.47. The summed E-state index contributed by atoms with van der Waals surface area (Å²) in [5, 5.41) is 3.63. The normalized spacial score (nSPS) is 17.0. The molecule has 1 N–H and O–H groups in total. The van der Waals surface area contributed by atoms with Gasteiger partial charge in [-0.1, -0.05) is 29.8 Å². The zero-order valence-electron chi connectivity index (χ0n) is 17.5. The van der Waals surface area contributed by atoms with E-state index < -0.39 is 0 Å². The first-order valence-electron chi connectivity index (χ1n) is 9.95. The topological polar surface area (TPSA) is 67.9 Å². The number of halogens is 1. The number of nitrogens with zero attached hydrogens (tertiary/aromatic N) is 1. The van der Waals surface area contributed by atoms with Crippen molar-refractivity contribution in [3.63, 3.8) is 0 Å². The molecule has 7 heteroatoms. The predicted molar refractivity (Wildman–Crippen MR) is 116 cm³/mol. The maximum Gasteiger partial charge on any atom is 0.225 e. The molecule has 2 atom stereocenters. The van der Waals surface area contributed by atoms with E-state index in [4.69, 9.17) is 21.1 Å². The van der Waals surface area contributed by atoms with Crippen LogP contribution in [-0.4, -0.2) is 44.0 Å². The lowest BCUT2D eigenvalue weighted by Gasteiger charge is -2.19. The SMILES string of the molecule is COc1ccc(CCN2C[C@H](C(=O)N[C@H](C)c3cccc(Cl)c3)CC2=O)cc1OC. The molecular formula is C23H27ClN2O4. The summed E-state index contributed by atoms with van der Waals surface area (Å²) in [7, 11) is 3.19. The van der Waals surface area contributed by atoms with Crippen molar-refractivity contribution in [3.05, 3.63) is 58.6 Å². The van der Waals surface area contributed by atoms with Crippen LogP contribution in [0.15, 0.2) is 42.5 Å². The number of carbonyl (C=O) groups excluding carboxylic acids is 2. The molecule has 0 saturated carbocycles. The molecule has 1 heterocycles. The summed E-state index contributed by atoms with van der Waals surface area (Å²) in [6.07, 6.45) is 0.916. The molecule has 1 aliphatic rings. The van der Waals surface area contributed by atoms with Gasteiger partial charge in [0.05, 0.1) is 26.2 Å². The lowest BCUT2D eigenvalue weighted by Crippen LogP contribution is -2.35. The Bertz CT molecular complexity index is 918. The minimum absolute atomic E-state index is 0.00559. The van der Waals surface area contributed by atoms with Crippen molar-refractivity contribution in [2.45, 2.75) is 25.8 Å². The summed E-state index contributed by atoms with van der Waals surface area (Å²) in [6, 6.07) is 13.0. The molecule has 0 aromatic heterocycles. The highest BCUT2D eigenvalue weighted by molar-refractivity contribution is 6.30. The number of nitrogens with one attached hydrogen (secondary N) is 1. The molecule has 2 aromatic rings. The second-order valence-corrected chi connectivity index (χ2v) is 7.90. The van der Waals surface area contributed by atoms with Gasteiger partial charge in [-0.05, 0) is 48.7 Å². The lowest BCUT2D eigenvalue weighted by molar-refractivity contribution is -0.129. The molecule has 30 heavy (non-hydrogen) atoms. The van der Waals surface area contributed by atoms with E-state index in [9.17, 15) is 9.59 Å². The molecule has 2 aromatic carbocycles. The Morgan fingerprint density at radius 3 is 2.67 bits per heavy atom. The zero-order valence-corrected chi connectivity index (χ0v) is 18.2. The summed E-state index contributed by atoms with van der Waals surface area (Å²) >= 11 is 6.03. The number of ether oxygens (including phenoxy) is 2. The molecule has 2 amide bonds. The first-order valence-corrected chi connectivity index (χ1v) is 10.3. The molecule has 3 rings (SSSR count). The highest BCUT2D eigenvalue weighted by atomic mass is 35.5. The third kappa shape index (κ3) is 5.25. The Kier molecular flexibility index (Phi) is 7.21. The first kappa shape index (κ1) is 22.0. The fourth-order valence-electron chi connectivity index (χ4n) is 3.65. The summed E-state index contributed by atoms with van der Waals surface area (Å²) < 4.78 is 10.6. The zero-order chi connectivity index (χ0) is 21.7. The van der Waals surface area contributed by atoms with Gasteiger partial charge in [-0.3, -0.25) is 9.59 Å². The monoisotopic (exact) mass is 430 g/mol. The quantitative estimate of drug-likeness (QED) is 0.694. The summed E-state index contributed by atoms with van der Waals surface area (Å²) in [5.41, 5.74) is 1.98. The standard InChI is InChI=1S/C23H27ClN2O4/c1-15(17-5-4-6-19(24)12-17)25-23(28)18-13-22(27)26(14-18)10-9-16-7-8-20(29-2)21(11-16)30-3/h4-8,11-12,15,18H,9-10,13-14H2,1-3H3,(H,25,28)/t15-,18-/m1/s1. The minimum Gasteiger partial charge on any atom is -0.493 e. The van der Waals surface area contributed by atoms with Gasteiger partial charge in [0, 0.05) is 24.5 Å². The Balaban J connectivity index is 1.55. The molecule has 160 valence electrons. The number of benzene rings is 2. The molecule has 0 radical (unpaired) electrons. The third-order valence-corrected chi connectivity index (χ3v) is 5.65. The van der Waals surface area contributed by atoms with Crippen LogP contribution < -0.4 is 14.8 Å². The molecule has 1 aliphatic heterocycles. The predicted octanol–water partition coefficient (Wildman–Crippen LogP) is 3.63. The Labute approximate surface area is 182 Å². The molecule has 1 saturated heterocycles. The van der Waals surface area contributed by atoms with Gasteiger partial charge in [0.2, 0.25) is 11.8 Å². The van der Waals surface area contributed by atoms with Gasteiger partial charge < -0.3 is 19.7 Å². The number of likely N-dealkylation sites (tertiary alicyclic amines) is 1. The van der Waals surface area contributed by atoms with E-state index in [1.165, 1.54) is 0 Å². The Hall–Kier alpha value is -2.73. The Morgan fingerprint density at radius 2 is 1.97 bits per heavy atom. The van der Waals surface area contributed by atoms with E-state index in [1.54, 1.807) is 25.2 Å². The van der Waals surface area contributed by atoms with Crippen molar-refractivity contribution in [2.75, 3.05) is 27.3 Å². The molecule has 0 unspecified atom stereocenters. The number of methoxy groups -OCH3 is 2. The van der Waals surface area contributed by atoms with E-state index in [0.717, 1.165) is 11.1 Å². The molecule has 0 bridgehead atoms. The third-order valence-electron chi connectivity index (χ3n) is 5.41. The van der Waals surface area contributed by atoms with Crippen LogP contribution in [0.3, 0.4) is 0 Å². The van der Waals surface area contributed by atoms with Gasteiger partial charge in [0.25, 0.3) is 0 Å². The van der Waals surface area contributed by atoms with Crippen molar-refractivity contribution in [1.29, 1.82) is 0 Å². The smallest absolute Gasteiger partial charge is 0.225 e. The van der Waals surface area contributed by atoms with E-state index in [0.29, 0.717) is 36.0 Å². The fraction of sp³-hybridized carbons (Fsp3) is 0.391. The average molecular weight is 431 g/mol. The van der Waals surface area contributed by atoms with Crippen LogP contribution in [-0.2, 0) is 16.0 Å². The maximum absolute atomic E-state index is 12.7. The fourth-order valence-corrected chi connectivity index (χ4v) is 3.85. The average Bonchev–Trinajstić information content (AvgIpc) is 3.12. The number of hydrogen-bond acceptors (Lipinski definition) is 4. The first-order chi connectivity index (χ1) is 14.4. The molecule has 6 nitrogen and oxygen atoms in total. The van der Waals surface area contributed by atoms with Crippen LogP contribution in [0, 0.1) is 5.92 Å². The van der Waals surface area contributed by atoms with Crippen LogP contribution in [0.2, 0.25) is 5.02 Å². The van der Waals surface area contributed by atoms with E-state index in [1.807, 2.05) is 43.3 Å². The van der Waals surface area contributed by atoms with Crippen LogP contribution in [0.1, 0.15) is 30.5 Å². The maximum atomic E-state index is 12.7. The largest absolute Gasteiger partial charge is 0.493 e. The van der Waals surface area contributed by atoms with Crippen LogP contribution in [0.25, 0.3) is 0 Å². The summed E-state index contributed by atoms with van der Waals surface area (Å²) in [6.45, 7) is 2.90. The van der Waals surface area contributed by atoms with E-state index in [-0.39, 0.29) is 30.2 Å². The van der Waals surface area contributed by atoms with E-state index >= 15 is 0 Å². The van der Waals surface area contributed by atoms with Crippen LogP contribution in [0.4, 0.5) is 0 Å². The van der Waals surface area contributed by atoms with Gasteiger partial charge in [-0.2, -0.15) is 0 Å². The van der Waals surface area contributed by atoms with Crippen molar-refractivity contribution in [2.24, 2.45) is 5.92 Å². The van der Waals surface area contributed by atoms with Gasteiger partial charge in [-0.15, -0.1) is 0 Å². The van der Waals surface area contributed by atoms with Crippen LogP contribution in [0.5, 0.6) is 11.5 Å². The minimum atomic E-state index is -0.343. The van der Waals surface area contributed by atoms with Crippen molar-refractivity contribution in [3.8, 4) is 11.5 Å². The molecule has 0 aliphatic carbocycles. The molecule has 1 fully saturated rings. The highest BCUT2D eigenvalue weighted by Crippen LogP contribution is 2.28. The van der Waals surface area contributed by atoms with Crippen molar-refractivity contribution in [1.82, 2.24) is 10.2 Å². The van der Waals surface area contributed by atoms with Crippen molar-refractivity contribution < 1.29 is 19.1 Å². The van der Waals surface area contributed by atoms with Crippen molar-refractivity contribution >= 4 is 23.4 Å². The number of rotatable bonds is 8. The van der Waals surface area contributed by atoms with Gasteiger partial charge in [0.1, 0.15) is 0 Å². The molecular weight excluding hydrogens is 404 g/mol. The van der Waals surface area contributed by atoms with E-state index in [2.05, 4.69) is 5.32 Å². The number of carbonyl (C=O) groups is 2. The van der Waals surface area contributed by atoms with Gasteiger partial charge in [-0.25, -0.2) is 0 Å².